The van der Waals surface area contributed by atoms with Crippen molar-refractivity contribution >= 4 is 11.6 Å². The summed E-state index contributed by atoms with van der Waals surface area (Å²) in [6.07, 6.45) is 4.14. The van der Waals surface area contributed by atoms with Gasteiger partial charge in [-0.05, 0) is 44.0 Å². The molecular formula is C16H22ClN3. The number of hydrogen-bond acceptors (Lipinski definition) is 2. The Labute approximate surface area is 126 Å². The smallest absolute Gasteiger partial charge is 0.0641 e. The Morgan fingerprint density at radius 2 is 2.20 bits per heavy atom. The van der Waals surface area contributed by atoms with Crippen molar-refractivity contribution in [3.8, 4) is 0 Å². The summed E-state index contributed by atoms with van der Waals surface area (Å²) in [7, 11) is 1.97. The zero-order valence-electron chi connectivity index (χ0n) is 12.4. The quantitative estimate of drug-likeness (QED) is 0.880. The fourth-order valence-electron chi connectivity index (χ4n) is 2.47. The van der Waals surface area contributed by atoms with Gasteiger partial charge < -0.3 is 5.32 Å². The van der Waals surface area contributed by atoms with E-state index in [1.165, 1.54) is 11.1 Å². The van der Waals surface area contributed by atoms with Gasteiger partial charge in [0.05, 0.1) is 5.69 Å². The van der Waals surface area contributed by atoms with Crippen LogP contribution in [0.4, 0.5) is 0 Å². The number of nitrogens with zero attached hydrogens (tertiary/aromatic N) is 2. The molecule has 4 heteroatoms. The number of aryl methyl sites for hydroxylation is 2. The molecule has 1 aromatic carbocycles. The lowest BCUT2D eigenvalue weighted by Gasteiger charge is -2.18. The molecule has 0 amide bonds. The van der Waals surface area contributed by atoms with Crippen LogP contribution < -0.4 is 5.32 Å². The third-order valence-electron chi connectivity index (χ3n) is 3.40. The van der Waals surface area contributed by atoms with E-state index in [2.05, 4.69) is 36.5 Å². The van der Waals surface area contributed by atoms with Gasteiger partial charge in [0.25, 0.3) is 0 Å². The summed E-state index contributed by atoms with van der Waals surface area (Å²) in [5.41, 5.74) is 3.60. The summed E-state index contributed by atoms with van der Waals surface area (Å²) < 4.78 is 1.88. The van der Waals surface area contributed by atoms with Crippen molar-refractivity contribution in [3.63, 3.8) is 0 Å². The van der Waals surface area contributed by atoms with Gasteiger partial charge in [-0.15, -0.1) is 0 Å². The van der Waals surface area contributed by atoms with Crippen molar-refractivity contribution < 1.29 is 0 Å². The molecule has 0 bridgehead atoms. The maximum atomic E-state index is 6.08. The van der Waals surface area contributed by atoms with Crippen LogP contribution >= 0.6 is 11.6 Å². The van der Waals surface area contributed by atoms with Crippen LogP contribution in [0.15, 0.2) is 30.5 Å². The van der Waals surface area contributed by atoms with Gasteiger partial charge in [0.15, 0.2) is 0 Å². The van der Waals surface area contributed by atoms with E-state index < -0.39 is 0 Å². The molecule has 2 rings (SSSR count). The Morgan fingerprint density at radius 1 is 1.40 bits per heavy atom. The molecule has 0 fully saturated rings. The number of aromatic nitrogens is 2. The maximum Gasteiger partial charge on any atom is 0.0641 e. The van der Waals surface area contributed by atoms with Gasteiger partial charge >= 0.3 is 0 Å². The minimum Gasteiger partial charge on any atom is -0.310 e. The van der Waals surface area contributed by atoms with Gasteiger partial charge in [0.1, 0.15) is 0 Å². The van der Waals surface area contributed by atoms with E-state index in [9.17, 15) is 0 Å². The zero-order valence-corrected chi connectivity index (χ0v) is 13.1. The molecule has 1 N–H and O–H groups in total. The first-order chi connectivity index (χ1) is 9.60. The van der Waals surface area contributed by atoms with Gasteiger partial charge in [-0.25, -0.2) is 0 Å². The number of nitrogens with one attached hydrogen (secondary N) is 1. The third-order valence-corrected chi connectivity index (χ3v) is 3.63. The van der Waals surface area contributed by atoms with Crippen LogP contribution in [0.2, 0.25) is 5.02 Å². The summed E-state index contributed by atoms with van der Waals surface area (Å²) in [6, 6.07) is 8.35. The highest BCUT2D eigenvalue weighted by Crippen LogP contribution is 2.22. The molecule has 0 aliphatic heterocycles. The van der Waals surface area contributed by atoms with Gasteiger partial charge in [-0.2, -0.15) is 5.10 Å². The second-order valence-electron chi connectivity index (χ2n) is 5.18. The van der Waals surface area contributed by atoms with Crippen LogP contribution in [0.1, 0.15) is 36.2 Å². The largest absolute Gasteiger partial charge is 0.310 e. The highest BCUT2D eigenvalue weighted by atomic mass is 35.5. The molecule has 1 atom stereocenters. The van der Waals surface area contributed by atoms with Crippen molar-refractivity contribution in [3.05, 3.63) is 52.3 Å². The van der Waals surface area contributed by atoms with Crippen LogP contribution in [0.25, 0.3) is 0 Å². The Balaban J connectivity index is 2.21. The molecule has 0 aliphatic rings. The summed E-state index contributed by atoms with van der Waals surface area (Å²) in [5, 5.41) is 8.85. The first-order valence-corrected chi connectivity index (χ1v) is 7.46. The van der Waals surface area contributed by atoms with Crippen molar-refractivity contribution in [2.24, 2.45) is 7.05 Å². The molecular weight excluding hydrogens is 270 g/mol. The Kier molecular flexibility index (Phi) is 5.21. The zero-order chi connectivity index (χ0) is 14.5. The summed E-state index contributed by atoms with van der Waals surface area (Å²) in [6.45, 7) is 5.24. The molecule has 1 unspecified atom stereocenters. The van der Waals surface area contributed by atoms with Crippen molar-refractivity contribution in [1.29, 1.82) is 0 Å². The van der Waals surface area contributed by atoms with Crippen molar-refractivity contribution in [2.45, 2.75) is 32.7 Å². The Morgan fingerprint density at radius 3 is 2.80 bits per heavy atom. The van der Waals surface area contributed by atoms with E-state index in [-0.39, 0.29) is 6.04 Å². The maximum absolute atomic E-state index is 6.08. The van der Waals surface area contributed by atoms with Crippen LogP contribution in [0.5, 0.6) is 0 Å². The van der Waals surface area contributed by atoms with Crippen LogP contribution in [0, 0.1) is 6.92 Å². The lowest BCUT2D eigenvalue weighted by atomic mass is 9.99. The van der Waals surface area contributed by atoms with E-state index in [1.807, 2.05) is 29.9 Å². The lowest BCUT2D eigenvalue weighted by molar-refractivity contribution is 0.527. The van der Waals surface area contributed by atoms with Gasteiger partial charge in [-0.3, -0.25) is 4.68 Å². The van der Waals surface area contributed by atoms with Crippen LogP contribution in [-0.2, 0) is 13.5 Å². The van der Waals surface area contributed by atoms with E-state index in [1.54, 1.807) is 0 Å². The topological polar surface area (TPSA) is 29.9 Å². The Hall–Kier alpha value is -1.32. The first-order valence-electron chi connectivity index (χ1n) is 7.08. The number of rotatable bonds is 6. The molecule has 20 heavy (non-hydrogen) atoms. The predicted octanol–water partition coefficient (Wildman–Crippen LogP) is 3.67. The molecule has 3 nitrogen and oxygen atoms in total. The van der Waals surface area contributed by atoms with E-state index in [0.717, 1.165) is 30.1 Å². The fourth-order valence-corrected chi connectivity index (χ4v) is 2.68. The molecule has 0 saturated carbocycles. The highest BCUT2D eigenvalue weighted by molar-refractivity contribution is 6.30. The first kappa shape index (κ1) is 15.1. The SMILES string of the molecule is CCCNC(Cc1cccc(Cl)c1)c1cn(C)nc1C. The summed E-state index contributed by atoms with van der Waals surface area (Å²) in [4.78, 5) is 0. The summed E-state index contributed by atoms with van der Waals surface area (Å²) in [5.74, 6) is 0. The van der Waals surface area contributed by atoms with Gasteiger partial charge in [0.2, 0.25) is 0 Å². The molecule has 0 aliphatic carbocycles. The van der Waals surface area contributed by atoms with Crippen LogP contribution in [-0.4, -0.2) is 16.3 Å². The minimum atomic E-state index is 0.280. The molecule has 1 aromatic heterocycles. The van der Waals surface area contributed by atoms with Crippen LogP contribution in [0.3, 0.4) is 0 Å². The normalized spacial score (nSPS) is 12.6. The van der Waals surface area contributed by atoms with E-state index in [0.29, 0.717) is 0 Å². The standard InChI is InChI=1S/C16H22ClN3/c1-4-8-18-16(15-11-20(3)19-12(15)2)10-13-6-5-7-14(17)9-13/h5-7,9,11,16,18H,4,8,10H2,1-3H3. The second kappa shape index (κ2) is 6.91. The molecule has 2 aromatic rings. The predicted molar refractivity (Wildman–Crippen MR) is 84.1 cm³/mol. The molecule has 0 saturated heterocycles. The highest BCUT2D eigenvalue weighted by Gasteiger charge is 2.16. The van der Waals surface area contributed by atoms with E-state index in [4.69, 9.17) is 11.6 Å². The number of hydrogen-bond donors (Lipinski definition) is 1. The fraction of sp³-hybridized carbons (Fsp3) is 0.438. The van der Waals surface area contributed by atoms with Crippen molar-refractivity contribution in [1.82, 2.24) is 15.1 Å². The minimum absolute atomic E-state index is 0.280. The monoisotopic (exact) mass is 291 g/mol. The summed E-state index contributed by atoms with van der Waals surface area (Å²) >= 11 is 6.08. The van der Waals surface area contributed by atoms with Crippen molar-refractivity contribution in [2.75, 3.05) is 6.54 Å². The lowest BCUT2D eigenvalue weighted by Crippen LogP contribution is -2.24. The molecule has 0 spiro atoms. The Bertz CT molecular complexity index is 563. The number of benzene rings is 1. The van der Waals surface area contributed by atoms with Gasteiger partial charge in [0, 0.05) is 29.9 Å². The molecule has 1 heterocycles. The van der Waals surface area contributed by atoms with Gasteiger partial charge in [-0.1, -0.05) is 30.7 Å². The number of halogens is 1. The molecule has 0 radical (unpaired) electrons. The van der Waals surface area contributed by atoms with E-state index >= 15 is 0 Å². The third kappa shape index (κ3) is 3.84. The molecule has 108 valence electrons. The second-order valence-corrected chi connectivity index (χ2v) is 5.62. The average molecular weight is 292 g/mol. The average Bonchev–Trinajstić information content (AvgIpc) is 2.73.